The van der Waals surface area contributed by atoms with Gasteiger partial charge < -0.3 is 5.32 Å². The van der Waals surface area contributed by atoms with Crippen LogP contribution in [0, 0.1) is 0 Å². The van der Waals surface area contributed by atoms with Gasteiger partial charge in [-0.1, -0.05) is 37.3 Å². The molecule has 2 nitrogen and oxygen atoms in total. The molecule has 0 amide bonds. The molecule has 18 heavy (non-hydrogen) atoms. The van der Waals surface area contributed by atoms with E-state index in [-0.39, 0.29) is 0 Å². The second-order valence-corrected chi connectivity index (χ2v) is 4.41. The second kappa shape index (κ2) is 6.92. The van der Waals surface area contributed by atoms with E-state index >= 15 is 0 Å². The number of rotatable bonds is 6. The standard InChI is InChI=1S/C16H20N2/c1-2-15-7-3-4-8-16(15)13-18-11-9-14-6-5-10-17-12-14/h3-8,10,12,18H,2,9,11,13H2,1H3. The Hall–Kier alpha value is -1.67. The lowest BCUT2D eigenvalue weighted by molar-refractivity contribution is 0.681. The monoisotopic (exact) mass is 240 g/mol. The van der Waals surface area contributed by atoms with E-state index in [2.05, 4.69) is 47.6 Å². The molecule has 0 unspecified atom stereocenters. The molecular weight excluding hydrogens is 220 g/mol. The normalized spacial score (nSPS) is 10.5. The molecule has 1 aromatic carbocycles. The van der Waals surface area contributed by atoms with Crippen molar-refractivity contribution in [2.45, 2.75) is 26.3 Å². The largest absolute Gasteiger partial charge is 0.312 e. The van der Waals surface area contributed by atoms with Crippen LogP contribution >= 0.6 is 0 Å². The average molecular weight is 240 g/mol. The van der Waals surface area contributed by atoms with Crippen LogP contribution in [0.5, 0.6) is 0 Å². The molecule has 0 saturated heterocycles. The number of hydrogen-bond donors (Lipinski definition) is 1. The molecule has 0 spiro atoms. The van der Waals surface area contributed by atoms with Gasteiger partial charge in [-0.15, -0.1) is 0 Å². The van der Waals surface area contributed by atoms with Gasteiger partial charge in [-0.3, -0.25) is 4.98 Å². The summed E-state index contributed by atoms with van der Waals surface area (Å²) in [6.07, 6.45) is 5.87. The van der Waals surface area contributed by atoms with Gasteiger partial charge in [0.15, 0.2) is 0 Å². The van der Waals surface area contributed by atoms with Crippen molar-refractivity contribution in [1.82, 2.24) is 10.3 Å². The fourth-order valence-corrected chi connectivity index (χ4v) is 2.08. The Bertz CT molecular complexity index is 466. The topological polar surface area (TPSA) is 24.9 Å². The Morgan fingerprint density at radius 1 is 1.06 bits per heavy atom. The molecule has 1 N–H and O–H groups in total. The van der Waals surface area contributed by atoms with Crippen molar-refractivity contribution in [3.63, 3.8) is 0 Å². The first-order valence-electron chi connectivity index (χ1n) is 6.56. The Morgan fingerprint density at radius 2 is 1.89 bits per heavy atom. The number of aryl methyl sites for hydroxylation is 1. The van der Waals surface area contributed by atoms with Gasteiger partial charge in [0, 0.05) is 18.9 Å². The molecule has 1 aromatic heterocycles. The maximum Gasteiger partial charge on any atom is 0.0300 e. The molecule has 0 aliphatic carbocycles. The van der Waals surface area contributed by atoms with Crippen molar-refractivity contribution in [2.75, 3.05) is 6.54 Å². The van der Waals surface area contributed by atoms with E-state index in [0.717, 1.165) is 25.9 Å². The maximum atomic E-state index is 4.12. The number of aromatic nitrogens is 1. The zero-order valence-electron chi connectivity index (χ0n) is 10.9. The number of benzene rings is 1. The minimum atomic E-state index is 0.949. The highest BCUT2D eigenvalue weighted by atomic mass is 14.8. The number of pyridine rings is 1. The summed E-state index contributed by atoms with van der Waals surface area (Å²) in [7, 11) is 0. The Morgan fingerprint density at radius 3 is 2.61 bits per heavy atom. The van der Waals surface area contributed by atoms with Crippen molar-refractivity contribution in [1.29, 1.82) is 0 Å². The lowest BCUT2D eigenvalue weighted by Crippen LogP contribution is -2.17. The van der Waals surface area contributed by atoms with Gasteiger partial charge in [-0.25, -0.2) is 0 Å². The predicted molar refractivity (Wildman–Crippen MR) is 75.5 cm³/mol. The third-order valence-electron chi connectivity index (χ3n) is 3.13. The molecule has 0 bridgehead atoms. The van der Waals surface area contributed by atoms with E-state index in [1.54, 1.807) is 0 Å². The quantitative estimate of drug-likeness (QED) is 0.785. The SMILES string of the molecule is CCc1ccccc1CNCCc1cccnc1. The number of hydrogen-bond acceptors (Lipinski definition) is 2. The van der Waals surface area contributed by atoms with E-state index in [1.807, 2.05) is 18.5 Å². The van der Waals surface area contributed by atoms with Gasteiger partial charge in [0.05, 0.1) is 0 Å². The minimum absolute atomic E-state index is 0.949. The molecule has 2 aromatic rings. The summed E-state index contributed by atoms with van der Waals surface area (Å²) in [5.41, 5.74) is 4.13. The van der Waals surface area contributed by atoms with E-state index in [4.69, 9.17) is 0 Å². The first kappa shape index (κ1) is 12.8. The van der Waals surface area contributed by atoms with Crippen LogP contribution in [-0.2, 0) is 19.4 Å². The molecule has 0 fully saturated rings. The van der Waals surface area contributed by atoms with Gasteiger partial charge in [-0.2, -0.15) is 0 Å². The van der Waals surface area contributed by atoms with E-state index in [0.29, 0.717) is 0 Å². The first-order chi connectivity index (χ1) is 8.90. The van der Waals surface area contributed by atoms with E-state index in [1.165, 1.54) is 16.7 Å². The van der Waals surface area contributed by atoms with Crippen LogP contribution in [0.4, 0.5) is 0 Å². The smallest absolute Gasteiger partial charge is 0.0300 e. The highest BCUT2D eigenvalue weighted by Gasteiger charge is 1.99. The van der Waals surface area contributed by atoms with E-state index in [9.17, 15) is 0 Å². The van der Waals surface area contributed by atoms with Gasteiger partial charge in [0.2, 0.25) is 0 Å². The molecule has 0 radical (unpaired) electrons. The lowest BCUT2D eigenvalue weighted by Gasteiger charge is -2.09. The summed E-state index contributed by atoms with van der Waals surface area (Å²) in [4.78, 5) is 4.12. The Kier molecular flexibility index (Phi) is 4.91. The Balaban J connectivity index is 1.78. The molecule has 94 valence electrons. The van der Waals surface area contributed by atoms with Crippen molar-refractivity contribution >= 4 is 0 Å². The van der Waals surface area contributed by atoms with Crippen molar-refractivity contribution < 1.29 is 0 Å². The molecule has 0 aliphatic heterocycles. The molecule has 2 rings (SSSR count). The van der Waals surface area contributed by atoms with Gasteiger partial charge in [-0.05, 0) is 42.1 Å². The molecule has 1 heterocycles. The summed E-state index contributed by atoms with van der Waals surface area (Å²) in [5, 5.41) is 3.50. The molecule has 0 aliphatic rings. The first-order valence-corrected chi connectivity index (χ1v) is 6.56. The van der Waals surface area contributed by atoms with Gasteiger partial charge >= 0.3 is 0 Å². The van der Waals surface area contributed by atoms with Crippen LogP contribution in [0.15, 0.2) is 48.8 Å². The number of nitrogens with one attached hydrogen (secondary N) is 1. The fraction of sp³-hybridized carbons (Fsp3) is 0.312. The molecular formula is C16H20N2. The van der Waals surface area contributed by atoms with Crippen LogP contribution in [-0.4, -0.2) is 11.5 Å². The van der Waals surface area contributed by atoms with Crippen molar-refractivity contribution in [2.24, 2.45) is 0 Å². The van der Waals surface area contributed by atoms with Crippen molar-refractivity contribution in [3.8, 4) is 0 Å². The summed E-state index contributed by atoms with van der Waals surface area (Å²) >= 11 is 0. The predicted octanol–water partition coefficient (Wildman–Crippen LogP) is 2.98. The van der Waals surface area contributed by atoms with Gasteiger partial charge in [0.1, 0.15) is 0 Å². The summed E-state index contributed by atoms with van der Waals surface area (Å²) in [6.45, 7) is 4.14. The average Bonchev–Trinajstić information content (AvgIpc) is 2.45. The van der Waals surface area contributed by atoms with Crippen LogP contribution in [0.2, 0.25) is 0 Å². The zero-order valence-corrected chi connectivity index (χ0v) is 10.9. The van der Waals surface area contributed by atoms with Crippen LogP contribution in [0.1, 0.15) is 23.6 Å². The third kappa shape index (κ3) is 3.67. The maximum absolute atomic E-state index is 4.12. The van der Waals surface area contributed by atoms with Crippen LogP contribution < -0.4 is 5.32 Å². The zero-order chi connectivity index (χ0) is 12.6. The van der Waals surface area contributed by atoms with E-state index < -0.39 is 0 Å². The lowest BCUT2D eigenvalue weighted by atomic mass is 10.1. The van der Waals surface area contributed by atoms with Crippen molar-refractivity contribution in [3.05, 3.63) is 65.5 Å². The molecule has 0 atom stereocenters. The summed E-state index contributed by atoms with van der Waals surface area (Å²) in [6, 6.07) is 12.7. The van der Waals surface area contributed by atoms with Crippen LogP contribution in [0.25, 0.3) is 0 Å². The highest BCUT2D eigenvalue weighted by molar-refractivity contribution is 5.26. The second-order valence-electron chi connectivity index (χ2n) is 4.41. The number of nitrogens with zero attached hydrogens (tertiary/aromatic N) is 1. The molecule has 0 saturated carbocycles. The summed E-state index contributed by atoms with van der Waals surface area (Å²) < 4.78 is 0. The minimum Gasteiger partial charge on any atom is -0.312 e. The van der Waals surface area contributed by atoms with Crippen LogP contribution in [0.3, 0.4) is 0 Å². The molecule has 2 heteroatoms. The third-order valence-corrected chi connectivity index (χ3v) is 3.13. The van der Waals surface area contributed by atoms with Gasteiger partial charge in [0.25, 0.3) is 0 Å². The Labute approximate surface area is 109 Å². The summed E-state index contributed by atoms with van der Waals surface area (Å²) in [5.74, 6) is 0. The highest BCUT2D eigenvalue weighted by Crippen LogP contribution is 2.08. The fourth-order valence-electron chi connectivity index (χ4n) is 2.08.